The van der Waals surface area contributed by atoms with Crippen molar-refractivity contribution >= 4 is 5.97 Å². The third kappa shape index (κ3) is 3.04. The van der Waals surface area contributed by atoms with Gasteiger partial charge in [-0.15, -0.1) is 0 Å². The minimum Gasteiger partial charge on any atom is -0.464 e. The highest BCUT2D eigenvalue weighted by Gasteiger charge is 2.16. The molecule has 6 heteroatoms. The van der Waals surface area contributed by atoms with Crippen LogP contribution in [-0.4, -0.2) is 42.4 Å². The van der Waals surface area contributed by atoms with Crippen LogP contribution in [0.15, 0.2) is 12.3 Å². The minimum absolute atomic E-state index is 0.105. The van der Waals surface area contributed by atoms with Gasteiger partial charge in [0.1, 0.15) is 5.69 Å². The number of carbonyl (C=O) groups is 1. The van der Waals surface area contributed by atoms with Crippen molar-refractivity contribution in [1.29, 1.82) is 0 Å². The summed E-state index contributed by atoms with van der Waals surface area (Å²) in [6.07, 6.45) is 3.44. The first kappa shape index (κ1) is 12.1. The Morgan fingerprint density at radius 2 is 2.59 bits per heavy atom. The predicted octanol–water partition coefficient (Wildman–Crippen LogP) is 0.823. The Labute approximate surface area is 99.5 Å². The first-order valence-corrected chi connectivity index (χ1v) is 5.64. The molecule has 0 N–H and O–H groups in total. The van der Waals surface area contributed by atoms with E-state index in [1.54, 1.807) is 16.9 Å². The molecule has 17 heavy (non-hydrogen) atoms. The van der Waals surface area contributed by atoms with Crippen LogP contribution in [0.3, 0.4) is 0 Å². The number of rotatable bonds is 5. The molecular formula is C11H16N2O4. The summed E-state index contributed by atoms with van der Waals surface area (Å²) in [5.74, 6) is -0.389. The Kier molecular flexibility index (Phi) is 4.11. The molecule has 0 aromatic carbocycles. The average Bonchev–Trinajstić information content (AvgIpc) is 2.99. The molecule has 94 valence electrons. The van der Waals surface area contributed by atoms with Crippen molar-refractivity contribution < 1.29 is 19.0 Å². The Balaban J connectivity index is 1.82. The van der Waals surface area contributed by atoms with Gasteiger partial charge in [-0.2, -0.15) is 5.10 Å². The summed E-state index contributed by atoms with van der Waals surface area (Å²) < 4.78 is 17.1. The zero-order valence-corrected chi connectivity index (χ0v) is 9.80. The molecular weight excluding hydrogens is 224 g/mol. The van der Waals surface area contributed by atoms with Crippen molar-refractivity contribution in [3.63, 3.8) is 0 Å². The summed E-state index contributed by atoms with van der Waals surface area (Å²) in [5, 5.41) is 4.04. The monoisotopic (exact) mass is 240 g/mol. The van der Waals surface area contributed by atoms with E-state index < -0.39 is 0 Å². The van der Waals surface area contributed by atoms with Crippen LogP contribution < -0.4 is 0 Å². The van der Waals surface area contributed by atoms with E-state index in [4.69, 9.17) is 9.47 Å². The van der Waals surface area contributed by atoms with E-state index in [-0.39, 0.29) is 12.3 Å². The molecule has 1 aromatic rings. The molecule has 1 aromatic heterocycles. The molecule has 2 rings (SSSR count). The van der Waals surface area contributed by atoms with Gasteiger partial charge >= 0.3 is 5.97 Å². The van der Waals surface area contributed by atoms with Gasteiger partial charge in [-0.25, -0.2) is 4.79 Å². The van der Waals surface area contributed by atoms with E-state index in [1.165, 1.54) is 7.11 Å². The lowest BCUT2D eigenvalue weighted by atomic mass is 10.4. The number of hydrogen-bond donors (Lipinski definition) is 0. The number of nitrogens with zero attached hydrogens (tertiary/aromatic N) is 2. The minimum atomic E-state index is -0.389. The van der Waals surface area contributed by atoms with Crippen molar-refractivity contribution in [2.24, 2.45) is 0 Å². The molecule has 1 saturated heterocycles. The second-order valence-electron chi connectivity index (χ2n) is 3.74. The number of aromatic nitrogens is 2. The lowest BCUT2D eigenvalue weighted by molar-refractivity contribution is -0.113. The highest BCUT2D eigenvalue weighted by molar-refractivity contribution is 5.87. The Hall–Kier alpha value is -1.40. The fourth-order valence-corrected chi connectivity index (χ4v) is 1.74. The summed E-state index contributed by atoms with van der Waals surface area (Å²) in [5.41, 5.74) is 0.434. The molecule has 0 amide bonds. The van der Waals surface area contributed by atoms with Crippen molar-refractivity contribution in [2.75, 3.05) is 20.3 Å². The Morgan fingerprint density at radius 1 is 1.71 bits per heavy atom. The smallest absolute Gasteiger partial charge is 0.356 e. The van der Waals surface area contributed by atoms with Crippen LogP contribution in [0.25, 0.3) is 0 Å². The van der Waals surface area contributed by atoms with E-state index in [9.17, 15) is 4.79 Å². The van der Waals surface area contributed by atoms with E-state index in [2.05, 4.69) is 9.84 Å². The van der Waals surface area contributed by atoms with Crippen LogP contribution in [-0.2, 0) is 20.8 Å². The van der Waals surface area contributed by atoms with Gasteiger partial charge in [0.15, 0.2) is 6.29 Å². The van der Waals surface area contributed by atoms with E-state index in [1.807, 2.05) is 0 Å². The summed E-state index contributed by atoms with van der Waals surface area (Å²) in [7, 11) is 1.35. The Morgan fingerprint density at radius 3 is 3.29 bits per heavy atom. The van der Waals surface area contributed by atoms with Gasteiger partial charge in [-0.3, -0.25) is 4.68 Å². The fraction of sp³-hybridized carbons (Fsp3) is 0.636. The average molecular weight is 240 g/mol. The molecule has 0 saturated carbocycles. The van der Waals surface area contributed by atoms with Crippen molar-refractivity contribution in [2.45, 2.75) is 25.7 Å². The van der Waals surface area contributed by atoms with Crippen LogP contribution >= 0.6 is 0 Å². The SMILES string of the molecule is COC(=O)c1ccnn1CCOC1CCCO1. The maximum absolute atomic E-state index is 11.4. The van der Waals surface area contributed by atoms with Gasteiger partial charge in [-0.1, -0.05) is 0 Å². The van der Waals surface area contributed by atoms with E-state index in [0.29, 0.717) is 18.8 Å². The lowest BCUT2D eigenvalue weighted by Gasteiger charge is -2.11. The molecule has 1 atom stereocenters. The molecule has 2 heterocycles. The number of esters is 1. The molecule has 1 aliphatic rings. The van der Waals surface area contributed by atoms with Gasteiger partial charge in [0.25, 0.3) is 0 Å². The summed E-state index contributed by atoms with van der Waals surface area (Å²) >= 11 is 0. The molecule has 6 nitrogen and oxygen atoms in total. The number of methoxy groups -OCH3 is 1. The van der Waals surface area contributed by atoms with Crippen LogP contribution in [0.2, 0.25) is 0 Å². The molecule has 0 aliphatic carbocycles. The summed E-state index contributed by atoms with van der Waals surface area (Å²) in [6, 6.07) is 1.62. The summed E-state index contributed by atoms with van der Waals surface area (Å²) in [6.45, 7) is 1.74. The van der Waals surface area contributed by atoms with Gasteiger partial charge in [0.2, 0.25) is 0 Å². The van der Waals surface area contributed by atoms with E-state index >= 15 is 0 Å². The molecule has 0 bridgehead atoms. The zero-order valence-electron chi connectivity index (χ0n) is 9.80. The second kappa shape index (κ2) is 5.79. The highest BCUT2D eigenvalue weighted by Crippen LogP contribution is 2.13. The van der Waals surface area contributed by atoms with Gasteiger partial charge in [0.05, 0.1) is 20.3 Å². The van der Waals surface area contributed by atoms with Gasteiger partial charge < -0.3 is 14.2 Å². The van der Waals surface area contributed by atoms with Crippen LogP contribution in [0, 0.1) is 0 Å². The first-order chi connectivity index (χ1) is 8.31. The lowest BCUT2D eigenvalue weighted by Crippen LogP contribution is -2.18. The Bertz CT molecular complexity index is 371. The van der Waals surface area contributed by atoms with Crippen molar-refractivity contribution in [3.8, 4) is 0 Å². The van der Waals surface area contributed by atoms with Gasteiger partial charge in [0, 0.05) is 19.2 Å². The third-order valence-corrected chi connectivity index (χ3v) is 2.61. The number of carbonyl (C=O) groups excluding carboxylic acids is 1. The van der Waals surface area contributed by atoms with Crippen LogP contribution in [0.5, 0.6) is 0 Å². The molecule has 0 radical (unpaired) electrons. The molecule has 1 unspecified atom stereocenters. The first-order valence-electron chi connectivity index (χ1n) is 5.64. The topological polar surface area (TPSA) is 62.6 Å². The fourth-order valence-electron chi connectivity index (χ4n) is 1.74. The standard InChI is InChI=1S/C11H16N2O4/c1-15-11(14)9-4-5-12-13(9)6-8-17-10-3-2-7-16-10/h4-5,10H,2-3,6-8H2,1H3. The maximum atomic E-state index is 11.4. The van der Waals surface area contributed by atoms with Crippen molar-refractivity contribution in [3.05, 3.63) is 18.0 Å². The largest absolute Gasteiger partial charge is 0.464 e. The highest BCUT2D eigenvalue weighted by atomic mass is 16.7. The third-order valence-electron chi connectivity index (χ3n) is 2.61. The van der Waals surface area contributed by atoms with E-state index in [0.717, 1.165) is 19.4 Å². The normalized spacial score (nSPS) is 19.5. The van der Waals surface area contributed by atoms with Crippen molar-refractivity contribution in [1.82, 2.24) is 9.78 Å². The van der Waals surface area contributed by atoms with Gasteiger partial charge in [-0.05, 0) is 12.5 Å². The number of ether oxygens (including phenoxy) is 3. The number of hydrogen-bond acceptors (Lipinski definition) is 5. The maximum Gasteiger partial charge on any atom is 0.356 e. The zero-order chi connectivity index (χ0) is 12.1. The molecule has 0 spiro atoms. The summed E-state index contributed by atoms with van der Waals surface area (Å²) in [4.78, 5) is 11.4. The van der Waals surface area contributed by atoms with Crippen LogP contribution in [0.1, 0.15) is 23.3 Å². The molecule has 1 fully saturated rings. The predicted molar refractivity (Wildman–Crippen MR) is 58.5 cm³/mol. The van der Waals surface area contributed by atoms with Crippen LogP contribution in [0.4, 0.5) is 0 Å². The quantitative estimate of drug-likeness (QED) is 0.713. The second-order valence-corrected chi connectivity index (χ2v) is 3.74. The molecule has 1 aliphatic heterocycles.